The molecule has 1 aliphatic carbocycles. The molecule has 1 amide bonds. The van der Waals surface area contributed by atoms with Crippen LogP contribution in [0.4, 0.5) is 11.4 Å². The van der Waals surface area contributed by atoms with Gasteiger partial charge in [0.2, 0.25) is 5.91 Å². The van der Waals surface area contributed by atoms with Gasteiger partial charge < -0.3 is 0 Å². The molecule has 0 saturated heterocycles. The fraction of sp³-hybridized carbons (Fsp3) is 0.238. The van der Waals surface area contributed by atoms with Crippen LogP contribution in [0.2, 0.25) is 15.1 Å². The first-order valence-electron chi connectivity index (χ1n) is 9.26. The van der Waals surface area contributed by atoms with Crippen molar-refractivity contribution < 1.29 is 14.5 Å². The van der Waals surface area contributed by atoms with E-state index in [0.29, 0.717) is 46.1 Å². The summed E-state index contributed by atoms with van der Waals surface area (Å²) in [6.07, 6.45) is 1.38. The molecule has 0 bridgehead atoms. The van der Waals surface area contributed by atoms with E-state index in [4.69, 9.17) is 34.8 Å². The molecule has 154 valence electrons. The quantitative estimate of drug-likeness (QED) is 0.406. The van der Waals surface area contributed by atoms with Crippen LogP contribution in [0, 0.1) is 10.1 Å². The van der Waals surface area contributed by atoms with E-state index in [9.17, 15) is 19.7 Å². The highest BCUT2D eigenvalue weighted by molar-refractivity contribution is 6.42. The minimum absolute atomic E-state index is 0.0242. The predicted molar refractivity (Wildman–Crippen MR) is 115 cm³/mol. The molecular weight excluding hydrogens is 451 g/mol. The predicted octanol–water partition coefficient (Wildman–Crippen LogP) is 6.08. The molecule has 0 aromatic heterocycles. The number of carbonyl (C=O) groups excluding carboxylic acids is 2. The molecule has 2 aromatic carbocycles. The lowest BCUT2D eigenvalue weighted by Crippen LogP contribution is -2.40. The zero-order chi connectivity index (χ0) is 21.6. The van der Waals surface area contributed by atoms with Gasteiger partial charge in [0.05, 0.1) is 25.7 Å². The Morgan fingerprint density at radius 3 is 2.53 bits per heavy atom. The molecule has 1 heterocycles. The SMILES string of the molecule is O=C1CCCC2=C1C(c1cccc(Cl)c1Cl)CC(=O)N2c1cc([N+](=O)[O-])ccc1Cl. The van der Waals surface area contributed by atoms with Gasteiger partial charge in [-0.15, -0.1) is 0 Å². The number of hydrogen-bond acceptors (Lipinski definition) is 4. The second-order valence-corrected chi connectivity index (χ2v) is 8.35. The van der Waals surface area contributed by atoms with Crippen LogP contribution in [0.25, 0.3) is 0 Å². The summed E-state index contributed by atoms with van der Waals surface area (Å²) >= 11 is 18.9. The largest absolute Gasteiger partial charge is 0.294 e. The third-order valence-electron chi connectivity index (χ3n) is 5.41. The third-order valence-corrected chi connectivity index (χ3v) is 6.57. The summed E-state index contributed by atoms with van der Waals surface area (Å²) in [6, 6.07) is 9.05. The Kier molecular flexibility index (Phi) is 5.57. The molecule has 4 rings (SSSR count). The molecule has 6 nitrogen and oxygen atoms in total. The fourth-order valence-corrected chi connectivity index (χ4v) is 4.76. The maximum absolute atomic E-state index is 13.2. The lowest BCUT2D eigenvalue weighted by atomic mass is 9.77. The van der Waals surface area contributed by atoms with Crippen LogP contribution in [0.1, 0.15) is 37.2 Å². The number of amides is 1. The van der Waals surface area contributed by atoms with Crippen LogP contribution in [0.5, 0.6) is 0 Å². The average molecular weight is 466 g/mol. The van der Waals surface area contributed by atoms with Gasteiger partial charge in [-0.25, -0.2) is 0 Å². The number of allylic oxidation sites excluding steroid dienone is 2. The van der Waals surface area contributed by atoms with Gasteiger partial charge in [-0.05, 0) is 30.5 Å². The summed E-state index contributed by atoms with van der Waals surface area (Å²) in [5, 5.41) is 12.1. The summed E-state index contributed by atoms with van der Waals surface area (Å²) in [5.41, 5.74) is 1.64. The van der Waals surface area contributed by atoms with Crippen molar-refractivity contribution in [2.75, 3.05) is 4.90 Å². The summed E-state index contributed by atoms with van der Waals surface area (Å²) in [6.45, 7) is 0. The van der Waals surface area contributed by atoms with Gasteiger partial charge in [0, 0.05) is 42.2 Å². The lowest BCUT2D eigenvalue weighted by Gasteiger charge is -2.38. The summed E-state index contributed by atoms with van der Waals surface area (Å²) in [7, 11) is 0. The number of nitrogens with zero attached hydrogens (tertiary/aromatic N) is 2. The molecule has 0 radical (unpaired) electrons. The van der Waals surface area contributed by atoms with Gasteiger partial charge >= 0.3 is 0 Å². The highest BCUT2D eigenvalue weighted by Gasteiger charge is 2.41. The lowest BCUT2D eigenvalue weighted by molar-refractivity contribution is -0.384. The van der Waals surface area contributed by atoms with Gasteiger partial charge in [0.25, 0.3) is 5.69 Å². The van der Waals surface area contributed by atoms with Crippen LogP contribution < -0.4 is 4.90 Å². The molecule has 0 spiro atoms. The minimum atomic E-state index is -0.551. The van der Waals surface area contributed by atoms with Gasteiger partial charge in [0.15, 0.2) is 5.78 Å². The first-order valence-corrected chi connectivity index (χ1v) is 10.4. The maximum Gasteiger partial charge on any atom is 0.271 e. The Balaban J connectivity index is 1.92. The van der Waals surface area contributed by atoms with E-state index < -0.39 is 10.8 Å². The molecule has 0 saturated carbocycles. The average Bonchev–Trinajstić information content (AvgIpc) is 2.70. The van der Waals surface area contributed by atoms with Crippen molar-refractivity contribution in [1.29, 1.82) is 0 Å². The maximum atomic E-state index is 13.2. The van der Waals surface area contributed by atoms with E-state index >= 15 is 0 Å². The number of Topliss-reactive ketones (excluding diaryl/α,β-unsaturated/α-hetero) is 1. The number of halogens is 3. The van der Waals surface area contributed by atoms with Crippen LogP contribution in [0.15, 0.2) is 47.7 Å². The van der Waals surface area contributed by atoms with Gasteiger partial charge in [-0.2, -0.15) is 0 Å². The van der Waals surface area contributed by atoms with Crippen molar-refractivity contribution in [3.63, 3.8) is 0 Å². The zero-order valence-electron chi connectivity index (χ0n) is 15.5. The number of carbonyl (C=O) groups is 2. The Morgan fingerprint density at radius 2 is 1.80 bits per heavy atom. The molecule has 0 fully saturated rings. The molecule has 1 atom stereocenters. The third kappa shape index (κ3) is 3.49. The summed E-state index contributed by atoms with van der Waals surface area (Å²) < 4.78 is 0. The van der Waals surface area contributed by atoms with Crippen molar-refractivity contribution in [1.82, 2.24) is 0 Å². The Hall–Kier alpha value is -2.41. The number of ketones is 1. The zero-order valence-corrected chi connectivity index (χ0v) is 17.8. The number of non-ortho nitro benzene ring substituents is 1. The first kappa shape index (κ1) is 20.8. The van der Waals surface area contributed by atoms with Crippen molar-refractivity contribution >= 4 is 57.9 Å². The minimum Gasteiger partial charge on any atom is -0.294 e. The molecule has 9 heteroatoms. The molecule has 0 N–H and O–H groups in total. The van der Waals surface area contributed by atoms with Crippen LogP contribution in [0.3, 0.4) is 0 Å². The number of nitro groups is 1. The molecule has 2 aliphatic rings. The second kappa shape index (κ2) is 8.02. The second-order valence-electron chi connectivity index (χ2n) is 7.16. The molecule has 1 unspecified atom stereocenters. The smallest absolute Gasteiger partial charge is 0.271 e. The van der Waals surface area contributed by atoms with Crippen molar-refractivity contribution in [2.45, 2.75) is 31.6 Å². The Bertz CT molecular complexity index is 1130. The van der Waals surface area contributed by atoms with Gasteiger partial charge in [0.1, 0.15) is 0 Å². The molecule has 1 aliphatic heterocycles. The summed E-state index contributed by atoms with van der Waals surface area (Å²) in [4.78, 5) is 38.2. The van der Waals surface area contributed by atoms with E-state index in [-0.39, 0.29) is 34.5 Å². The highest BCUT2D eigenvalue weighted by Crippen LogP contribution is 2.47. The number of rotatable bonds is 3. The van der Waals surface area contributed by atoms with Crippen molar-refractivity contribution in [2.24, 2.45) is 0 Å². The number of anilines is 1. The van der Waals surface area contributed by atoms with Gasteiger partial charge in [-0.1, -0.05) is 46.9 Å². The van der Waals surface area contributed by atoms with Crippen molar-refractivity contribution in [3.8, 4) is 0 Å². The number of nitro benzene ring substituents is 1. The topological polar surface area (TPSA) is 80.5 Å². The highest BCUT2D eigenvalue weighted by atomic mass is 35.5. The van der Waals surface area contributed by atoms with E-state index in [1.165, 1.54) is 23.1 Å². The first-order chi connectivity index (χ1) is 14.3. The van der Waals surface area contributed by atoms with E-state index in [1.807, 2.05) is 0 Å². The van der Waals surface area contributed by atoms with Gasteiger partial charge in [-0.3, -0.25) is 24.6 Å². The van der Waals surface area contributed by atoms with E-state index in [1.54, 1.807) is 18.2 Å². The Morgan fingerprint density at radius 1 is 1.03 bits per heavy atom. The molecular formula is C21H15Cl3N2O4. The molecule has 2 aromatic rings. The van der Waals surface area contributed by atoms with Crippen LogP contribution >= 0.6 is 34.8 Å². The van der Waals surface area contributed by atoms with E-state index in [2.05, 4.69) is 0 Å². The summed E-state index contributed by atoms with van der Waals surface area (Å²) in [5.74, 6) is -0.913. The van der Waals surface area contributed by atoms with Crippen molar-refractivity contribution in [3.05, 3.63) is 78.4 Å². The normalized spacial score (nSPS) is 19.2. The number of hydrogen-bond donors (Lipinski definition) is 0. The van der Waals surface area contributed by atoms with E-state index in [0.717, 1.165) is 0 Å². The standard InChI is InChI=1S/C21H15Cl3N2O4/c22-14-8-7-11(26(29)30)9-17(14)25-16-5-2-6-18(27)20(16)13(10-19(25)28)12-3-1-4-15(23)21(12)24/h1,3-4,7-9,13H,2,5-6,10H2. The van der Waals surface area contributed by atoms with Crippen LogP contribution in [-0.2, 0) is 9.59 Å². The number of benzene rings is 2. The fourth-order valence-electron chi connectivity index (χ4n) is 4.11. The Labute approximate surface area is 187 Å². The van der Waals surface area contributed by atoms with Crippen LogP contribution in [-0.4, -0.2) is 16.6 Å². The monoisotopic (exact) mass is 464 g/mol. The molecule has 30 heavy (non-hydrogen) atoms.